The second-order valence-electron chi connectivity index (χ2n) is 13.0. The molecule has 9 nitrogen and oxygen atoms in total. The monoisotopic (exact) mass is 684 g/mol. The van der Waals surface area contributed by atoms with E-state index in [1.807, 2.05) is 6.07 Å². The van der Waals surface area contributed by atoms with Crippen LogP contribution in [0.15, 0.2) is 12.1 Å². The number of nitrogens with zero attached hydrogens (tertiary/aromatic N) is 5. The number of aromatic nitrogens is 2. The molecule has 14 heteroatoms. The third-order valence-electron chi connectivity index (χ3n) is 10.3. The predicted octanol–water partition coefficient (Wildman–Crippen LogP) is 6.48. The second kappa shape index (κ2) is 11.5. The molecule has 0 radical (unpaired) electrons. The van der Waals surface area contributed by atoms with Crippen molar-refractivity contribution in [1.29, 1.82) is 5.26 Å². The number of benzene rings is 2. The number of thiophene rings is 1. The second-order valence-corrected chi connectivity index (χ2v) is 14.4. The minimum atomic E-state index is -0.936. The number of nitrogen functional groups attached to an aromatic ring is 1. The van der Waals surface area contributed by atoms with E-state index in [-0.39, 0.29) is 73.3 Å². The largest absolute Gasteiger partial charge is 0.489 e. The summed E-state index contributed by atoms with van der Waals surface area (Å²) in [6.07, 6.45) is 2.74. The Kier molecular flexibility index (Phi) is 7.55. The first-order valence-corrected chi connectivity index (χ1v) is 17.0. The maximum Gasteiger partial charge on any atom is 0.319 e. The lowest BCUT2D eigenvalue weighted by Crippen LogP contribution is -2.46. The zero-order valence-corrected chi connectivity index (χ0v) is 27.2. The first-order chi connectivity index (χ1) is 22.7. The van der Waals surface area contributed by atoms with Gasteiger partial charge in [0, 0.05) is 44.2 Å². The Morgan fingerprint density at radius 2 is 2.11 bits per heavy atom. The van der Waals surface area contributed by atoms with Crippen molar-refractivity contribution in [3.8, 4) is 29.0 Å². The molecule has 2 aromatic carbocycles. The number of piperidine rings is 1. The summed E-state index contributed by atoms with van der Waals surface area (Å²) in [5.41, 5.74) is 5.71. The average molecular weight is 685 g/mol. The Labute approximate surface area is 278 Å². The number of anilines is 2. The molecule has 4 aromatic rings. The lowest BCUT2D eigenvalue weighted by molar-refractivity contribution is 0.107. The maximum atomic E-state index is 17.1. The van der Waals surface area contributed by atoms with Gasteiger partial charge in [-0.05, 0) is 49.8 Å². The third-order valence-corrected chi connectivity index (χ3v) is 11.7. The van der Waals surface area contributed by atoms with Gasteiger partial charge in [-0.3, -0.25) is 4.90 Å². The van der Waals surface area contributed by atoms with Crippen molar-refractivity contribution in [1.82, 2.24) is 14.9 Å². The van der Waals surface area contributed by atoms with Gasteiger partial charge in [0.15, 0.2) is 11.6 Å². The van der Waals surface area contributed by atoms with Gasteiger partial charge in [-0.2, -0.15) is 15.2 Å². The van der Waals surface area contributed by atoms with E-state index in [0.717, 1.165) is 43.6 Å². The molecule has 0 amide bonds. The first kappa shape index (κ1) is 30.7. The number of hydrogen-bond acceptors (Lipinski definition) is 10. The summed E-state index contributed by atoms with van der Waals surface area (Å²) in [7, 11) is 1.68. The Hall–Kier alpha value is -3.57. The predicted molar refractivity (Wildman–Crippen MR) is 174 cm³/mol. The van der Waals surface area contributed by atoms with Crippen LogP contribution in [0.5, 0.6) is 11.8 Å². The van der Waals surface area contributed by atoms with Crippen molar-refractivity contribution >= 4 is 54.7 Å². The molecular formula is C33H32ClF3N6O3S. The van der Waals surface area contributed by atoms with Crippen LogP contribution in [0.3, 0.4) is 0 Å². The van der Waals surface area contributed by atoms with Gasteiger partial charge in [0.05, 0.1) is 32.3 Å². The van der Waals surface area contributed by atoms with Crippen LogP contribution in [0, 0.1) is 28.9 Å². The zero-order valence-electron chi connectivity index (χ0n) is 25.6. The summed E-state index contributed by atoms with van der Waals surface area (Å²) in [6.45, 7) is 2.80. The van der Waals surface area contributed by atoms with Crippen LogP contribution in [0.2, 0.25) is 5.02 Å². The fourth-order valence-corrected chi connectivity index (χ4v) is 9.46. The van der Waals surface area contributed by atoms with E-state index < -0.39 is 23.3 Å². The van der Waals surface area contributed by atoms with Gasteiger partial charge in [-0.25, -0.2) is 13.2 Å². The van der Waals surface area contributed by atoms with Crippen LogP contribution in [0.1, 0.15) is 37.7 Å². The lowest BCUT2D eigenvalue weighted by atomic mass is 9.91. The van der Waals surface area contributed by atoms with Gasteiger partial charge in [-0.1, -0.05) is 17.7 Å². The van der Waals surface area contributed by atoms with E-state index in [2.05, 4.69) is 14.8 Å². The van der Waals surface area contributed by atoms with Crippen LogP contribution in [0.4, 0.5) is 24.0 Å². The number of halogens is 4. The van der Waals surface area contributed by atoms with E-state index in [1.165, 1.54) is 12.1 Å². The van der Waals surface area contributed by atoms with Crippen molar-refractivity contribution < 1.29 is 27.4 Å². The van der Waals surface area contributed by atoms with E-state index in [0.29, 0.717) is 43.2 Å². The number of fused-ring (bicyclic) bond motifs is 4. The van der Waals surface area contributed by atoms with E-state index >= 15 is 4.39 Å². The number of alkyl halides is 1. The molecule has 246 valence electrons. The Morgan fingerprint density at radius 1 is 1.26 bits per heavy atom. The first-order valence-electron chi connectivity index (χ1n) is 15.8. The van der Waals surface area contributed by atoms with Gasteiger partial charge in [0.25, 0.3) is 0 Å². The third kappa shape index (κ3) is 4.78. The molecule has 4 aliphatic heterocycles. The number of hydrogen-bond donors (Lipinski definition) is 1. The van der Waals surface area contributed by atoms with Gasteiger partial charge in [-0.15, -0.1) is 11.3 Å². The van der Waals surface area contributed by atoms with E-state index in [1.54, 1.807) is 7.11 Å². The molecule has 3 fully saturated rings. The van der Waals surface area contributed by atoms with Crippen molar-refractivity contribution in [2.45, 2.75) is 49.9 Å². The summed E-state index contributed by atoms with van der Waals surface area (Å²) >= 11 is 7.97. The summed E-state index contributed by atoms with van der Waals surface area (Å²) in [4.78, 5) is 13.7. The van der Waals surface area contributed by atoms with Crippen LogP contribution in [-0.2, 0) is 4.74 Å². The minimum absolute atomic E-state index is 0.0319. The highest BCUT2D eigenvalue weighted by Crippen LogP contribution is 2.52. The maximum absolute atomic E-state index is 17.1. The van der Waals surface area contributed by atoms with Crippen LogP contribution < -0.4 is 20.1 Å². The average Bonchev–Trinajstić information content (AvgIpc) is 3.66. The number of methoxy groups -OCH3 is 1. The molecule has 8 rings (SSSR count). The molecule has 4 atom stereocenters. The number of ether oxygens (including phenoxy) is 3. The molecular weight excluding hydrogens is 653 g/mol. The standard InChI is InChI=1S/C33H32ClF3N6O3S/c1-44-13-16-5-8-43-18(9-16)14-45-28-24-27(40-32(41-31(24)43)46-15-33-6-2-7-42(33)12-17(35)10-33)26(37)23(25(28)34)19-3-4-21(36)29-22(19)20(11-38)30(39)47-29/h3-4,16-18H,2,5-10,12-15,39H2,1H3/t16?,17-,18?,33?/m1/s1. The van der Waals surface area contributed by atoms with E-state index in [9.17, 15) is 14.0 Å². The molecule has 4 aliphatic rings. The summed E-state index contributed by atoms with van der Waals surface area (Å²) in [5, 5.41) is 10.5. The van der Waals surface area contributed by atoms with Crippen LogP contribution in [-0.4, -0.2) is 79.2 Å². The summed E-state index contributed by atoms with van der Waals surface area (Å²) < 4.78 is 64.9. The Balaban J connectivity index is 1.32. The lowest BCUT2D eigenvalue weighted by Gasteiger charge is -2.38. The topological polar surface area (TPSA) is 110 Å². The molecule has 2 aromatic heterocycles. The smallest absolute Gasteiger partial charge is 0.319 e. The highest BCUT2D eigenvalue weighted by atomic mass is 35.5. The van der Waals surface area contributed by atoms with E-state index in [4.69, 9.17) is 36.5 Å². The number of nitrogens with two attached hydrogens (primary N) is 1. The molecule has 0 bridgehead atoms. The fourth-order valence-electron chi connectivity index (χ4n) is 8.17. The normalized spacial score (nSPS) is 25.4. The van der Waals surface area contributed by atoms with Crippen molar-refractivity contribution in [2.24, 2.45) is 5.92 Å². The molecule has 6 heterocycles. The molecule has 0 aliphatic carbocycles. The molecule has 47 heavy (non-hydrogen) atoms. The molecule has 2 N–H and O–H groups in total. The van der Waals surface area contributed by atoms with Crippen molar-refractivity contribution in [3.05, 3.63) is 34.4 Å². The van der Waals surface area contributed by atoms with Crippen LogP contribution >= 0.6 is 22.9 Å². The Bertz CT molecular complexity index is 1970. The number of nitriles is 1. The summed E-state index contributed by atoms with van der Waals surface area (Å²) in [6, 6.07) is 4.49. The van der Waals surface area contributed by atoms with Gasteiger partial charge in [0.2, 0.25) is 0 Å². The van der Waals surface area contributed by atoms with Gasteiger partial charge < -0.3 is 24.8 Å². The highest BCUT2D eigenvalue weighted by molar-refractivity contribution is 7.23. The fraction of sp³-hybridized carbons (Fsp3) is 0.485. The molecule has 3 saturated heterocycles. The quantitative estimate of drug-likeness (QED) is 0.244. The van der Waals surface area contributed by atoms with Gasteiger partial charge in [0.1, 0.15) is 47.6 Å². The highest BCUT2D eigenvalue weighted by Gasteiger charge is 2.49. The minimum Gasteiger partial charge on any atom is -0.489 e. The molecule has 3 unspecified atom stereocenters. The molecule has 0 spiro atoms. The van der Waals surface area contributed by atoms with Crippen molar-refractivity contribution in [3.63, 3.8) is 0 Å². The Morgan fingerprint density at radius 3 is 2.91 bits per heavy atom. The van der Waals surface area contributed by atoms with Crippen LogP contribution in [0.25, 0.3) is 32.1 Å². The van der Waals surface area contributed by atoms with Crippen molar-refractivity contribution in [2.75, 3.05) is 57.2 Å². The summed E-state index contributed by atoms with van der Waals surface area (Å²) in [5.74, 6) is -0.424. The SMILES string of the molecule is COCC1CCN2c3nc(OCC45CCCN4C[C@H](F)C5)nc4c(F)c(-c5ccc(F)c6sc(N)c(C#N)c56)c(Cl)c(c34)OCC2C1. The molecule has 0 saturated carbocycles. The zero-order chi connectivity index (χ0) is 32.6. The van der Waals surface area contributed by atoms with Gasteiger partial charge >= 0.3 is 6.01 Å². The number of rotatable bonds is 6.